The number of rotatable bonds is 2. The van der Waals surface area contributed by atoms with E-state index in [4.69, 9.17) is 0 Å². The third-order valence-electron chi connectivity index (χ3n) is 3.69. The number of fused-ring (bicyclic) bond motifs is 1. The van der Waals surface area contributed by atoms with Crippen molar-refractivity contribution < 1.29 is 4.79 Å². The van der Waals surface area contributed by atoms with Gasteiger partial charge in [0.15, 0.2) is 0 Å². The zero-order valence-corrected chi connectivity index (χ0v) is 8.81. The van der Waals surface area contributed by atoms with E-state index >= 15 is 0 Å². The third-order valence-corrected chi connectivity index (χ3v) is 3.69. The summed E-state index contributed by atoms with van der Waals surface area (Å²) in [4.78, 5) is 11.9. The van der Waals surface area contributed by atoms with Crippen molar-refractivity contribution >= 4 is 11.7 Å². The van der Waals surface area contributed by atoms with Gasteiger partial charge in [-0.2, -0.15) is 5.10 Å². The molecule has 2 aliphatic carbocycles. The van der Waals surface area contributed by atoms with Crippen LogP contribution in [0.3, 0.4) is 0 Å². The minimum Gasteiger partial charge on any atom is -0.311 e. The fraction of sp³-hybridized carbons (Fsp3) is 0.636. The van der Waals surface area contributed by atoms with E-state index in [2.05, 4.69) is 10.4 Å². The van der Waals surface area contributed by atoms with Gasteiger partial charge in [0, 0.05) is 19.0 Å². The summed E-state index contributed by atoms with van der Waals surface area (Å²) in [6, 6.07) is 1.83. The monoisotopic (exact) mass is 205 g/mol. The quantitative estimate of drug-likeness (QED) is 0.793. The Bertz CT molecular complexity index is 388. The Morgan fingerprint density at radius 1 is 1.47 bits per heavy atom. The molecule has 2 saturated carbocycles. The van der Waals surface area contributed by atoms with E-state index in [1.807, 2.05) is 13.1 Å². The molecule has 2 atom stereocenters. The van der Waals surface area contributed by atoms with Crippen LogP contribution in [0.15, 0.2) is 12.3 Å². The number of carbonyl (C=O) groups is 1. The van der Waals surface area contributed by atoms with Crippen LogP contribution in [0.2, 0.25) is 0 Å². The van der Waals surface area contributed by atoms with Crippen molar-refractivity contribution in [1.29, 1.82) is 0 Å². The molecular formula is C11H15N3O. The highest BCUT2D eigenvalue weighted by Gasteiger charge is 2.48. The van der Waals surface area contributed by atoms with Gasteiger partial charge in [-0.15, -0.1) is 0 Å². The van der Waals surface area contributed by atoms with Crippen molar-refractivity contribution in [3.05, 3.63) is 12.3 Å². The van der Waals surface area contributed by atoms with Crippen molar-refractivity contribution in [3.63, 3.8) is 0 Å². The second kappa shape index (κ2) is 3.08. The molecule has 1 amide bonds. The molecule has 1 aromatic heterocycles. The molecule has 0 radical (unpaired) electrons. The molecule has 4 nitrogen and oxygen atoms in total. The molecule has 1 N–H and O–H groups in total. The van der Waals surface area contributed by atoms with Crippen LogP contribution in [-0.4, -0.2) is 15.7 Å². The van der Waals surface area contributed by atoms with E-state index in [9.17, 15) is 4.79 Å². The summed E-state index contributed by atoms with van der Waals surface area (Å²) in [6.07, 6.45) is 5.24. The predicted octanol–water partition coefficient (Wildman–Crippen LogP) is 1.40. The van der Waals surface area contributed by atoms with Gasteiger partial charge in [0.05, 0.1) is 6.20 Å². The van der Waals surface area contributed by atoms with Crippen LogP contribution in [0.1, 0.15) is 19.3 Å². The van der Waals surface area contributed by atoms with Gasteiger partial charge < -0.3 is 5.32 Å². The van der Waals surface area contributed by atoms with Crippen LogP contribution >= 0.6 is 0 Å². The molecule has 0 aromatic carbocycles. The van der Waals surface area contributed by atoms with Crippen molar-refractivity contribution in [2.75, 3.05) is 5.32 Å². The third kappa shape index (κ3) is 1.54. The summed E-state index contributed by atoms with van der Waals surface area (Å²) in [5.41, 5.74) is 0. The Labute approximate surface area is 88.7 Å². The van der Waals surface area contributed by atoms with Gasteiger partial charge >= 0.3 is 0 Å². The van der Waals surface area contributed by atoms with Gasteiger partial charge in [-0.3, -0.25) is 9.48 Å². The molecule has 0 spiro atoms. The largest absolute Gasteiger partial charge is 0.311 e. The van der Waals surface area contributed by atoms with Gasteiger partial charge in [-0.25, -0.2) is 0 Å². The first-order valence-corrected chi connectivity index (χ1v) is 5.53. The zero-order valence-electron chi connectivity index (χ0n) is 8.81. The number of nitrogens with one attached hydrogen (secondary N) is 1. The van der Waals surface area contributed by atoms with Crippen molar-refractivity contribution in [1.82, 2.24) is 9.78 Å². The molecule has 1 heterocycles. The number of aromatic nitrogens is 2. The minimum atomic E-state index is 0.172. The summed E-state index contributed by atoms with van der Waals surface area (Å²) in [5, 5.41) is 6.96. The summed E-state index contributed by atoms with van der Waals surface area (Å²) < 4.78 is 1.69. The minimum absolute atomic E-state index is 0.172. The Balaban J connectivity index is 1.64. The maximum absolute atomic E-state index is 11.9. The van der Waals surface area contributed by atoms with E-state index in [1.54, 1.807) is 10.9 Å². The van der Waals surface area contributed by atoms with Crippen LogP contribution in [0, 0.1) is 17.8 Å². The highest BCUT2D eigenvalue weighted by atomic mass is 16.2. The number of hydrogen-bond acceptors (Lipinski definition) is 2. The van der Waals surface area contributed by atoms with Crippen LogP contribution < -0.4 is 5.32 Å². The van der Waals surface area contributed by atoms with E-state index in [1.165, 1.54) is 6.42 Å². The Kier molecular flexibility index (Phi) is 1.84. The first-order chi connectivity index (χ1) is 7.24. The number of aryl methyl sites for hydroxylation is 1. The van der Waals surface area contributed by atoms with E-state index in [0.29, 0.717) is 0 Å². The van der Waals surface area contributed by atoms with Gasteiger partial charge in [-0.1, -0.05) is 0 Å². The summed E-state index contributed by atoms with van der Waals surface area (Å²) >= 11 is 0. The molecule has 0 aliphatic heterocycles. The molecule has 0 saturated heterocycles. The van der Waals surface area contributed by atoms with E-state index < -0.39 is 0 Å². The van der Waals surface area contributed by atoms with Crippen molar-refractivity contribution in [2.24, 2.45) is 24.8 Å². The first-order valence-electron chi connectivity index (χ1n) is 5.53. The number of amides is 1. The van der Waals surface area contributed by atoms with Crippen LogP contribution in [0.5, 0.6) is 0 Å². The smallest absolute Gasteiger partial charge is 0.228 e. The van der Waals surface area contributed by atoms with Crippen LogP contribution in [-0.2, 0) is 11.8 Å². The molecule has 2 unspecified atom stereocenters. The zero-order chi connectivity index (χ0) is 10.4. The Morgan fingerprint density at radius 3 is 2.80 bits per heavy atom. The molecule has 2 aliphatic rings. The summed E-state index contributed by atoms with van der Waals surface area (Å²) in [5.74, 6) is 2.91. The topological polar surface area (TPSA) is 46.9 Å². The fourth-order valence-corrected chi connectivity index (χ4v) is 2.65. The lowest BCUT2D eigenvalue weighted by Crippen LogP contribution is -2.22. The molecule has 80 valence electrons. The molecule has 15 heavy (non-hydrogen) atoms. The number of carbonyl (C=O) groups excluding carboxylic acids is 1. The van der Waals surface area contributed by atoms with Crippen LogP contribution in [0.25, 0.3) is 0 Å². The van der Waals surface area contributed by atoms with Crippen LogP contribution in [0.4, 0.5) is 5.82 Å². The van der Waals surface area contributed by atoms with Gasteiger partial charge in [0.2, 0.25) is 5.91 Å². The average molecular weight is 205 g/mol. The normalized spacial score (nSPS) is 32.5. The average Bonchev–Trinajstić information content (AvgIpc) is 2.64. The second-order valence-corrected chi connectivity index (χ2v) is 4.75. The molecular weight excluding hydrogens is 190 g/mol. The summed E-state index contributed by atoms with van der Waals surface area (Å²) in [7, 11) is 1.84. The maximum atomic E-state index is 11.9. The van der Waals surface area contributed by atoms with Crippen molar-refractivity contribution in [3.8, 4) is 0 Å². The second-order valence-electron chi connectivity index (χ2n) is 4.75. The van der Waals surface area contributed by atoms with Gasteiger partial charge in [0.1, 0.15) is 5.82 Å². The molecule has 4 heteroatoms. The van der Waals surface area contributed by atoms with Gasteiger partial charge in [0.25, 0.3) is 0 Å². The standard InChI is InChI=1S/C11H15N3O/c1-14-10(2-3-12-14)13-11(15)9-5-7-4-8(7)6-9/h2-3,7-9H,4-6H2,1H3,(H,13,15). The molecule has 3 rings (SSSR count). The number of nitrogens with zero attached hydrogens (tertiary/aromatic N) is 2. The lowest BCUT2D eigenvalue weighted by Gasteiger charge is -2.11. The van der Waals surface area contributed by atoms with Crippen molar-refractivity contribution in [2.45, 2.75) is 19.3 Å². The number of hydrogen-bond donors (Lipinski definition) is 1. The van der Waals surface area contributed by atoms with Gasteiger partial charge in [-0.05, 0) is 31.1 Å². The Hall–Kier alpha value is -1.32. The maximum Gasteiger partial charge on any atom is 0.228 e. The summed E-state index contributed by atoms with van der Waals surface area (Å²) in [6.45, 7) is 0. The van der Waals surface area contributed by atoms with E-state index in [-0.39, 0.29) is 11.8 Å². The molecule has 1 aromatic rings. The lowest BCUT2D eigenvalue weighted by atomic mass is 10.0. The Morgan fingerprint density at radius 2 is 2.20 bits per heavy atom. The number of anilines is 1. The highest BCUT2D eigenvalue weighted by Crippen LogP contribution is 2.54. The molecule has 0 bridgehead atoms. The predicted molar refractivity (Wildman–Crippen MR) is 56.2 cm³/mol. The first kappa shape index (κ1) is 8.95. The highest BCUT2D eigenvalue weighted by molar-refractivity contribution is 5.92. The lowest BCUT2D eigenvalue weighted by molar-refractivity contribution is -0.120. The SMILES string of the molecule is Cn1nccc1NC(=O)C1CC2CC2C1. The van der Waals surface area contributed by atoms with E-state index in [0.717, 1.165) is 30.5 Å². The molecule has 2 fully saturated rings. The fourth-order valence-electron chi connectivity index (χ4n) is 2.65.